The molecule has 0 aromatic carbocycles. The summed E-state index contributed by atoms with van der Waals surface area (Å²) in [6, 6.07) is 0.146. The van der Waals surface area contributed by atoms with Gasteiger partial charge in [0.25, 0.3) is 0 Å². The molecule has 3 heterocycles. The molecular weight excluding hydrogens is 376 g/mol. The van der Waals surface area contributed by atoms with Crippen molar-refractivity contribution in [3.63, 3.8) is 0 Å². The van der Waals surface area contributed by atoms with E-state index < -0.39 is 48.8 Å². The van der Waals surface area contributed by atoms with Crippen molar-refractivity contribution in [1.29, 1.82) is 0 Å². The number of esters is 1. The van der Waals surface area contributed by atoms with Crippen molar-refractivity contribution in [2.75, 3.05) is 12.1 Å². The first-order chi connectivity index (χ1) is 13.8. The van der Waals surface area contributed by atoms with Crippen LogP contribution in [-0.4, -0.2) is 71.9 Å². The minimum absolute atomic E-state index is 0.143. The number of H-pyrrole nitrogens is 1. The Hall–Kier alpha value is -2.84. The van der Waals surface area contributed by atoms with Gasteiger partial charge in [0.15, 0.2) is 12.0 Å². The molecule has 5 atom stereocenters. The summed E-state index contributed by atoms with van der Waals surface area (Å²) in [5.74, 6) is -0.968. The van der Waals surface area contributed by atoms with Crippen molar-refractivity contribution >= 4 is 11.8 Å². The second-order valence-corrected chi connectivity index (χ2v) is 6.02. The number of imidazole rings is 1. The first-order valence-corrected chi connectivity index (χ1v) is 8.20. The Morgan fingerprint density at radius 1 is 1.54 bits per heavy atom. The molecule has 0 bridgehead atoms. The number of aromatic amines is 1. The summed E-state index contributed by atoms with van der Waals surface area (Å²) >= 11 is 0. The van der Waals surface area contributed by atoms with Crippen LogP contribution in [0.2, 0.25) is 0 Å². The van der Waals surface area contributed by atoms with E-state index in [0.717, 1.165) is 12.3 Å². The van der Waals surface area contributed by atoms with Gasteiger partial charge in [-0.15, -0.1) is 0 Å². The molecule has 0 unspecified atom stereocenters. The van der Waals surface area contributed by atoms with E-state index in [4.69, 9.17) is 21.8 Å². The highest BCUT2D eigenvalue weighted by molar-refractivity contribution is 5.75. The minimum atomic E-state index is -2.42. The van der Waals surface area contributed by atoms with Gasteiger partial charge in [0.2, 0.25) is 0 Å². The fraction of sp³-hybridized carbons (Fsp3) is 0.467. The van der Waals surface area contributed by atoms with Crippen LogP contribution in [0.4, 0.5) is 5.82 Å². The first-order valence-electron chi connectivity index (χ1n) is 8.70. The number of rotatable bonds is 7. The Kier molecular flexibility index (Phi) is 5.59. The van der Waals surface area contributed by atoms with E-state index in [-0.39, 0.29) is 12.2 Å². The predicted octanol–water partition coefficient (Wildman–Crippen LogP) is -2.50. The number of nitrogens with one attached hydrogen (secondary N) is 2. The molecule has 1 aliphatic heterocycles. The number of hydrogen-bond donors (Lipinski definition) is 6. The number of anilines is 1. The van der Waals surface area contributed by atoms with E-state index >= 15 is 0 Å². The van der Waals surface area contributed by atoms with Crippen LogP contribution in [0.3, 0.4) is 0 Å². The molecule has 2 aromatic heterocycles. The fourth-order valence-electron chi connectivity index (χ4n) is 2.60. The van der Waals surface area contributed by atoms with E-state index in [0.29, 0.717) is 10.3 Å². The minimum Gasteiger partial charge on any atom is -0.462 e. The van der Waals surface area contributed by atoms with Gasteiger partial charge < -0.3 is 30.4 Å². The van der Waals surface area contributed by atoms with Gasteiger partial charge in [-0.1, -0.05) is 0 Å². The fourth-order valence-corrected chi connectivity index (χ4v) is 2.60. The van der Waals surface area contributed by atoms with Crippen LogP contribution in [-0.2, 0) is 20.7 Å². The first kappa shape index (κ1) is 18.5. The average molecular weight is 397 g/mol. The number of aliphatic hydroxyl groups is 2. The lowest BCUT2D eigenvalue weighted by Crippen LogP contribution is -2.39. The summed E-state index contributed by atoms with van der Waals surface area (Å²) in [4.78, 5) is 34.1. The Balaban J connectivity index is 1.66. The van der Waals surface area contributed by atoms with Gasteiger partial charge in [0.05, 0.1) is 7.70 Å². The molecule has 13 heteroatoms. The zero-order chi connectivity index (χ0) is 21.2. The van der Waals surface area contributed by atoms with E-state index in [1.807, 2.05) is 0 Å². The highest BCUT2D eigenvalue weighted by Crippen LogP contribution is 2.28. The van der Waals surface area contributed by atoms with Crippen LogP contribution in [0.25, 0.3) is 0 Å². The number of nitrogens with two attached hydrogens (primary N) is 1. The lowest BCUT2D eigenvalue weighted by Gasteiger charge is -2.17. The smallest absolute Gasteiger partial charge is 0.351 e. The number of aromatic nitrogens is 4. The van der Waals surface area contributed by atoms with Crippen LogP contribution in [0.1, 0.15) is 13.3 Å². The maximum Gasteiger partial charge on any atom is 0.351 e. The van der Waals surface area contributed by atoms with Crippen molar-refractivity contribution in [1.82, 2.24) is 19.5 Å². The lowest BCUT2D eigenvalue weighted by atomic mass is 10.1. The molecule has 0 amide bonds. The zero-order valence-corrected chi connectivity index (χ0v) is 14.4. The Morgan fingerprint density at radius 3 is 2.96 bits per heavy atom. The summed E-state index contributed by atoms with van der Waals surface area (Å²) < 4.78 is 19.3. The summed E-state index contributed by atoms with van der Waals surface area (Å²) in [6.45, 7) is -0.507. The maximum absolute atomic E-state index is 12.1. The molecular formula is C15H20N6O7. The lowest BCUT2D eigenvalue weighted by molar-refractivity contribution is -0.151. The second kappa shape index (κ2) is 8.45. The molecule has 0 spiro atoms. The highest BCUT2D eigenvalue weighted by atomic mass is 16.6. The predicted molar refractivity (Wildman–Crippen MR) is 91.1 cm³/mol. The average Bonchev–Trinajstić information content (AvgIpc) is 3.28. The largest absolute Gasteiger partial charge is 0.462 e. The Labute approximate surface area is 159 Å². The topological polar surface area (TPSA) is 198 Å². The van der Waals surface area contributed by atoms with Gasteiger partial charge in [0, 0.05) is 24.5 Å². The van der Waals surface area contributed by atoms with Crippen molar-refractivity contribution in [2.45, 2.75) is 37.0 Å². The molecule has 28 heavy (non-hydrogen) atoms. The second-order valence-electron chi connectivity index (χ2n) is 6.02. The summed E-state index contributed by atoms with van der Waals surface area (Å²) in [5.41, 5.74) is 7.03. The van der Waals surface area contributed by atoms with E-state index in [2.05, 4.69) is 15.0 Å². The number of hydrogen-bond acceptors (Lipinski definition) is 11. The van der Waals surface area contributed by atoms with Crippen molar-refractivity contribution < 1.29 is 31.1 Å². The quantitative estimate of drug-likeness (QED) is 0.213. The Bertz CT molecular complexity index is 909. The maximum atomic E-state index is 12.1. The summed E-state index contributed by atoms with van der Waals surface area (Å²) in [5, 5.41) is 29.2. The van der Waals surface area contributed by atoms with Crippen molar-refractivity contribution in [2.24, 2.45) is 5.73 Å². The molecule has 13 nitrogen and oxygen atoms in total. The van der Waals surface area contributed by atoms with E-state index in [1.54, 1.807) is 5.48 Å². The van der Waals surface area contributed by atoms with Crippen LogP contribution in [0, 0.1) is 0 Å². The number of carbonyl (C=O) groups is 1. The molecule has 0 radical (unpaired) electrons. The van der Waals surface area contributed by atoms with Gasteiger partial charge in [0.1, 0.15) is 31.0 Å². The highest BCUT2D eigenvalue weighted by Gasteiger charge is 2.44. The molecule has 1 fully saturated rings. The van der Waals surface area contributed by atoms with Gasteiger partial charge in [-0.3, -0.25) is 20.0 Å². The molecule has 152 valence electrons. The molecule has 3 rings (SSSR count). The monoisotopic (exact) mass is 397 g/mol. The molecule has 0 aliphatic carbocycles. The number of ether oxygens (including phenoxy) is 2. The molecule has 1 aliphatic rings. The van der Waals surface area contributed by atoms with Crippen molar-refractivity contribution in [3.8, 4) is 0 Å². The molecule has 2 aromatic rings. The standard InChI is InChI=1S/C15H20N6O7/c16-8(3-7-4-17-6-18-7)14(24)27-5-9-11(22)12(23)13(28-9)21-2-1-10(20-26)19-15(21)25/h1-2,4,6,8-9,11-13,22-23,26H,3,5,16H2,(H,17,18)(H,19,20,25)/t8-,9+,11+,12+,13+/m0/s1/i13D. The Morgan fingerprint density at radius 2 is 2.32 bits per heavy atom. The van der Waals surface area contributed by atoms with Gasteiger partial charge >= 0.3 is 11.7 Å². The van der Waals surface area contributed by atoms with E-state index in [1.165, 1.54) is 12.5 Å². The summed E-state index contributed by atoms with van der Waals surface area (Å²) in [6.07, 6.45) is -3.07. The molecule has 0 saturated carbocycles. The van der Waals surface area contributed by atoms with E-state index in [9.17, 15) is 19.8 Å². The number of carbonyl (C=O) groups excluding carboxylic acids is 1. The van der Waals surface area contributed by atoms with Gasteiger partial charge in [-0.05, 0) is 6.07 Å². The van der Waals surface area contributed by atoms with Crippen LogP contribution < -0.4 is 16.9 Å². The summed E-state index contributed by atoms with van der Waals surface area (Å²) in [7, 11) is 0. The number of nitrogens with zero attached hydrogens (tertiary/aromatic N) is 3. The van der Waals surface area contributed by atoms with Gasteiger partial charge in [-0.25, -0.2) is 9.78 Å². The van der Waals surface area contributed by atoms with Crippen molar-refractivity contribution in [3.05, 3.63) is 41.0 Å². The third-order valence-corrected chi connectivity index (χ3v) is 4.07. The zero-order valence-electron chi connectivity index (χ0n) is 15.4. The van der Waals surface area contributed by atoms with Gasteiger partial charge in [-0.2, -0.15) is 4.98 Å². The third kappa shape index (κ3) is 4.18. The molecule has 1 saturated heterocycles. The normalized spacial score (nSPS) is 28.6. The van der Waals surface area contributed by atoms with Crippen LogP contribution in [0.15, 0.2) is 29.6 Å². The third-order valence-electron chi connectivity index (χ3n) is 4.07. The number of aliphatic hydroxyl groups excluding tert-OH is 2. The molecule has 7 N–H and O–H groups in total. The van der Waals surface area contributed by atoms with Crippen LogP contribution >= 0.6 is 0 Å². The SMILES string of the molecule is [2H][C@@]1(n2ccc(NO)nc2=O)O[C@H](COC(=O)[C@@H](N)Cc2cnc[nH]2)[C@@H](O)[C@H]1O. The van der Waals surface area contributed by atoms with Crippen LogP contribution in [0.5, 0.6) is 0 Å².